The van der Waals surface area contributed by atoms with E-state index >= 15 is 0 Å². The Morgan fingerprint density at radius 2 is 2.33 bits per heavy atom. The van der Waals surface area contributed by atoms with Gasteiger partial charge in [0.15, 0.2) is 0 Å². The van der Waals surface area contributed by atoms with Crippen molar-refractivity contribution >= 4 is 8.25 Å². The van der Waals surface area contributed by atoms with Crippen molar-refractivity contribution in [1.82, 2.24) is 0 Å². The normalized spacial score (nSPS) is 13.6. The van der Waals surface area contributed by atoms with E-state index in [4.69, 9.17) is 0 Å². The zero-order valence-electron chi connectivity index (χ0n) is 5.42. The third-order valence-corrected chi connectivity index (χ3v) is 1.45. The molecule has 0 aliphatic heterocycles. The van der Waals surface area contributed by atoms with E-state index in [-0.39, 0.29) is 0 Å². The summed E-state index contributed by atoms with van der Waals surface area (Å²) in [6.45, 7) is 2.48. The number of nitrogens with two attached hydrogens (primary N) is 1. The van der Waals surface area contributed by atoms with E-state index in [0.717, 1.165) is 12.8 Å². The van der Waals surface area contributed by atoms with Crippen LogP contribution in [0.4, 0.5) is 0 Å². The summed E-state index contributed by atoms with van der Waals surface area (Å²) in [5, 5.41) is 0. The first-order valence-corrected chi connectivity index (χ1v) is 4.07. The number of unbranched alkanes of at least 4 members (excludes halogenated alkanes) is 1. The standard InChI is InChI=1S/C4H12NO3P/c1-2-3-4-7-9(6)8-5/h9H,2-5H2,1H3. The van der Waals surface area contributed by atoms with Gasteiger partial charge in [0.2, 0.25) is 0 Å². The second kappa shape index (κ2) is 6.23. The van der Waals surface area contributed by atoms with Gasteiger partial charge < -0.3 is 4.52 Å². The van der Waals surface area contributed by atoms with Gasteiger partial charge in [0.25, 0.3) is 0 Å². The fourth-order valence-electron chi connectivity index (χ4n) is 0.334. The van der Waals surface area contributed by atoms with Crippen LogP contribution < -0.4 is 5.90 Å². The van der Waals surface area contributed by atoms with Crippen LogP contribution in [0.5, 0.6) is 0 Å². The zero-order valence-corrected chi connectivity index (χ0v) is 6.42. The summed E-state index contributed by atoms with van der Waals surface area (Å²) >= 11 is 0. The summed E-state index contributed by atoms with van der Waals surface area (Å²) < 4.78 is 18.9. The molecule has 0 radical (unpaired) electrons. The molecule has 0 aromatic rings. The topological polar surface area (TPSA) is 61.5 Å². The molecular formula is C4H12NO3P. The molecule has 5 heteroatoms. The molecule has 0 saturated heterocycles. The molecule has 0 rings (SSSR count). The maximum absolute atomic E-state index is 10.3. The zero-order chi connectivity index (χ0) is 7.11. The smallest absolute Gasteiger partial charge is 0.310 e. The number of hydrogen-bond donors (Lipinski definition) is 1. The first kappa shape index (κ1) is 9.11. The van der Waals surface area contributed by atoms with E-state index in [1.807, 2.05) is 6.92 Å². The monoisotopic (exact) mass is 153 g/mol. The van der Waals surface area contributed by atoms with Crippen LogP contribution in [-0.2, 0) is 13.7 Å². The summed E-state index contributed by atoms with van der Waals surface area (Å²) in [4.78, 5) is 0. The van der Waals surface area contributed by atoms with Crippen molar-refractivity contribution in [3.63, 3.8) is 0 Å². The van der Waals surface area contributed by atoms with Crippen LogP contribution in [0.1, 0.15) is 19.8 Å². The molecule has 0 saturated carbocycles. The van der Waals surface area contributed by atoms with Gasteiger partial charge in [-0.2, -0.15) is 0 Å². The van der Waals surface area contributed by atoms with E-state index in [2.05, 4.69) is 15.0 Å². The van der Waals surface area contributed by atoms with Crippen LogP contribution in [0.25, 0.3) is 0 Å². The molecule has 0 spiro atoms. The highest BCUT2D eigenvalue weighted by Gasteiger charge is 1.93. The molecule has 0 amide bonds. The quantitative estimate of drug-likeness (QED) is 0.364. The average Bonchev–Trinajstić information content (AvgIpc) is 1.89. The molecule has 0 aromatic carbocycles. The Kier molecular flexibility index (Phi) is 6.31. The maximum atomic E-state index is 10.3. The minimum atomic E-state index is -2.37. The summed E-state index contributed by atoms with van der Waals surface area (Å²) in [6.07, 6.45) is 1.90. The molecule has 0 aliphatic carbocycles. The van der Waals surface area contributed by atoms with Crippen molar-refractivity contribution in [2.45, 2.75) is 19.8 Å². The first-order chi connectivity index (χ1) is 4.31. The Bertz CT molecular complexity index is 87.9. The highest BCUT2D eigenvalue weighted by atomic mass is 31.1. The van der Waals surface area contributed by atoms with Gasteiger partial charge in [0.05, 0.1) is 6.61 Å². The van der Waals surface area contributed by atoms with Crippen LogP contribution in [0, 0.1) is 0 Å². The third-order valence-electron chi connectivity index (χ3n) is 0.814. The van der Waals surface area contributed by atoms with Gasteiger partial charge in [-0.05, 0) is 6.42 Å². The Labute approximate surface area is 55.2 Å². The summed E-state index contributed by atoms with van der Waals surface area (Å²) in [5.74, 6) is 4.56. The van der Waals surface area contributed by atoms with E-state index in [0.29, 0.717) is 6.61 Å². The lowest BCUT2D eigenvalue weighted by molar-refractivity contribution is 0.227. The lowest BCUT2D eigenvalue weighted by atomic mass is 10.4. The summed E-state index contributed by atoms with van der Waals surface area (Å²) in [6, 6.07) is 0. The van der Waals surface area contributed by atoms with Crippen molar-refractivity contribution in [2.75, 3.05) is 6.61 Å². The Morgan fingerprint density at radius 3 is 2.78 bits per heavy atom. The second-order valence-corrected chi connectivity index (χ2v) is 2.59. The van der Waals surface area contributed by atoms with Gasteiger partial charge >= 0.3 is 8.25 Å². The molecule has 2 N–H and O–H groups in total. The van der Waals surface area contributed by atoms with E-state index < -0.39 is 8.25 Å². The molecule has 4 nitrogen and oxygen atoms in total. The van der Waals surface area contributed by atoms with E-state index in [1.54, 1.807) is 0 Å². The van der Waals surface area contributed by atoms with Crippen LogP contribution in [-0.4, -0.2) is 6.61 Å². The molecule has 1 atom stereocenters. The molecule has 0 heterocycles. The van der Waals surface area contributed by atoms with Crippen LogP contribution in [0.2, 0.25) is 0 Å². The van der Waals surface area contributed by atoms with Crippen molar-refractivity contribution in [2.24, 2.45) is 5.90 Å². The fourth-order valence-corrected chi connectivity index (χ4v) is 0.713. The molecule has 0 aliphatic rings. The van der Waals surface area contributed by atoms with Crippen LogP contribution in [0.15, 0.2) is 0 Å². The Balaban J connectivity index is 2.97. The largest absolute Gasteiger partial charge is 0.335 e. The molecular weight excluding hydrogens is 141 g/mol. The lowest BCUT2D eigenvalue weighted by Crippen LogP contribution is -1.92. The molecule has 56 valence electrons. The van der Waals surface area contributed by atoms with Crippen LogP contribution in [0.3, 0.4) is 0 Å². The highest BCUT2D eigenvalue weighted by Crippen LogP contribution is 2.19. The minimum absolute atomic E-state index is 0.464. The Hall–Kier alpha value is 0.110. The van der Waals surface area contributed by atoms with Gasteiger partial charge in [-0.1, -0.05) is 13.3 Å². The summed E-state index contributed by atoms with van der Waals surface area (Å²) in [5.41, 5.74) is 0. The fraction of sp³-hybridized carbons (Fsp3) is 1.00. The third kappa shape index (κ3) is 5.99. The lowest BCUT2D eigenvalue weighted by Gasteiger charge is -1.98. The summed E-state index contributed by atoms with van der Waals surface area (Å²) in [7, 11) is -2.37. The van der Waals surface area contributed by atoms with Gasteiger partial charge in [0.1, 0.15) is 0 Å². The van der Waals surface area contributed by atoms with Crippen molar-refractivity contribution in [1.29, 1.82) is 0 Å². The van der Waals surface area contributed by atoms with E-state index in [1.165, 1.54) is 0 Å². The molecule has 1 unspecified atom stereocenters. The number of hydrogen-bond acceptors (Lipinski definition) is 4. The molecule has 0 fully saturated rings. The Morgan fingerprint density at radius 1 is 1.67 bits per heavy atom. The predicted octanol–water partition coefficient (Wildman–Crippen LogP) is 1.08. The minimum Gasteiger partial charge on any atom is -0.310 e. The highest BCUT2D eigenvalue weighted by molar-refractivity contribution is 7.33. The SMILES string of the molecule is CCCCO[PH](=O)ON. The van der Waals surface area contributed by atoms with Gasteiger partial charge in [-0.25, -0.2) is 10.5 Å². The van der Waals surface area contributed by atoms with Gasteiger partial charge in [0, 0.05) is 0 Å². The van der Waals surface area contributed by atoms with Crippen molar-refractivity contribution in [3.05, 3.63) is 0 Å². The molecule has 9 heavy (non-hydrogen) atoms. The second-order valence-electron chi connectivity index (χ2n) is 1.57. The molecule has 0 aromatic heterocycles. The average molecular weight is 153 g/mol. The van der Waals surface area contributed by atoms with Crippen molar-refractivity contribution < 1.29 is 13.7 Å². The maximum Gasteiger partial charge on any atom is 0.335 e. The number of rotatable bonds is 5. The first-order valence-electron chi connectivity index (χ1n) is 2.84. The van der Waals surface area contributed by atoms with E-state index in [9.17, 15) is 4.57 Å². The predicted molar refractivity (Wildman–Crippen MR) is 35.1 cm³/mol. The van der Waals surface area contributed by atoms with Crippen LogP contribution >= 0.6 is 8.25 Å². The van der Waals surface area contributed by atoms with Crippen molar-refractivity contribution in [3.8, 4) is 0 Å². The molecule has 0 bridgehead atoms. The van der Waals surface area contributed by atoms with Gasteiger partial charge in [-0.3, -0.25) is 4.57 Å². The van der Waals surface area contributed by atoms with Gasteiger partial charge in [-0.15, -0.1) is 0 Å².